The van der Waals surface area contributed by atoms with Crippen molar-refractivity contribution in [2.45, 2.75) is 98.1 Å². The first-order chi connectivity index (χ1) is 15.3. The minimum absolute atomic E-state index is 0.251. The third-order valence-corrected chi connectivity index (χ3v) is 4.11. The summed E-state index contributed by atoms with van der Waals surface area (Å²) >= 11 is 0. The van der Waals surface area contributed by atoms with Crippen LogP contribution in [0.15, 0.2) is 0 Å². The Labute approximate surface area is 191 Å². The van der Waals surface area contributed by atoms with Gasteiger partial charge in [0.15, 0.2) is 0 Å². The zero-order valence-corrected chi connectivity index (χ0v) is 19.9. The van der Waals surface area contributed by atoms with Crippen molar-refractivity contribution >= 4 is 24.0 Å². The molecular weight excluding hydrogens is 420 g/mol. The molecule has 2 N–H and O–H groups in total. The zero-order valence-electron chi connectivity index (χ0n) is 19.9. The van der Waals surface area contributed by atoms with Gasteiger partial charge in [0.2, 0.25) is 12.6 Å². The molecular formula is C22H40N2O8. The average Bonchev–Trinajstić information content (AvgIpc) is 2.69. The molecule has 0 aliphatic carbocycles. The van der Waals surface area contributed by atoms with Crippen molar-refractivity contribution in [1.82, 2.24) is 10.6 Å². The largest absolute Gasteiger partial charge is 0.425 e. The second-order valence-electron chi connectivity index (χ2n) is 7.35. The van der Waals surface area contributed by atoms with E-state index < -0.39 is 24.6 Å². The van der Waals surface area contributed by atoms with Gasteiger partial charge in [0.25, 0.3) is 0 Å². The molecule has 0 radical (unpaired) electrons. The molecule has 10 heteroatoms. The smallest absolute Gasteiger partial charge is 0.410 e. The van der Waals surface area contributed by atoms with Crippen LogP contribution in [0.25, 0.3) is 0 Å². The fourth-order valence-electron chi connectivity index (χ4n) is 2.61. The molecule has 0 spiro atoms. The second kappa shape index (κ2) is 19.3. The predicted molar refractivity (Wildman–Crippen MR) is 117 cm³/mol. The number of alkyl carbamates (subject to hydrolysis) is 1. The van der Waals surface area contributed by atoms with Gasteiger partial charge in [-0.1, -0.05) is 20.3 Å². The zero-order chi connectivity index (χ0) is 24.2. The number of hydrogen-bond acceptors (Lipinski definition) is 9. The van der Waals surface area contributed by atoms with Crippen LogP contribution < -0.4 is 10.6 Å². The van der Waals surface area contributed by atoms with E-state index >= 15 is 0 Å². The normalized spacial score (nSPS) is 12.4. The fraction of sp³-hybridized carbons (Fsp3) is 0.818. The number of carbonyl (C=O) groups excluding carboxylic acids is 4. The molecule has 0 heterocycles. The van der Waals surface area contributed by atoms with Crippen LogP contribution in [0.5, 0.6) is 0 Å². The molecule has 0 aromatic heterocycles. The standard InChI is InChI=1S/C22H40N2O8/c1-5-11-19(25)29-17(3)30-21(27)13-10-15-23-14-8-7-9-16-24-22(28)32-18(4)31-20(26)12-6-2/h17-18,23H,5-16H2,1-4H3,(H,24,28)/t17-,18-/m0/s1. The first kappa shape index (κ1) is 29.6. The van der Waals surface area contributed by atoms with Crippen molar-refractivity contribution < 1.29 is 38.1 Å². The molecule has 0 aromatic carbocycles. The highest BCUT2D eigenvalue weighted by Crippen LogP contribution is 2.03. The minimum atomic E-state index is -0.908. The van der Waals surface area contributed by atoms with E-state index in [1.807, 2.05) is 13.8 Å². The van der Waals surface area contributed by atoms with Crippen LogP contribution in [-0.4, -0.2) is 56.2 Å². The van der Waals surface area contributed by atoms with Crippen molar-refractivity contribution in [1.29, 1.82) is 0 Å². The molecule has 0 aliphatic heterocycles. The Kier molecular flexibility index (Phi) is 17.9. The monoisotopic (exact) mass is 460 g/mol. The molecule has 0 unspecified atom stereocenters. The number of esters is 3. The van der Waals surface area contributed by atoms with Crippen molar-refractivity contribution in [2.24, 2.45) is 0 Å². The molecule has 0 fully saturated rings. The number of unbranched alkanes of at least 4 members (excludes halogenated alkanes) is 2. The van der Waals surface area contributed by atoms with Gasteiger partial charge in [0.1, 0.15) is 0 Å². The molecule has 2 atom stereocenters. The molecule has 0 bridgehead atoms. The van der Waals surface area contributed by atoms with E-state index in [9.17, 15) is 19.2 Å². The second-order valence-corrected chi connectivity index (χ2v) is 7.35. The quantitative estimate of drug-likeness (QED) is 0.180. The Morgan fingerprint density at radius 3 is 1.66 bits per heavy atom. The Hall–Kier alpha value is -2.36. The van der Waals surface area contributed by atoms with Crippen molar-refractivity contribution in [3.05, 3.63) is 0 Å². The maximum Gasteiger partial charge on any atom is 0.410 e. The molecule has 186 valence electrons. The Balaban J connectivity index is 3.55. The van der Waals surface area contributed by atoms with Gasteiger partial charge in [0.05, 0.1) is 0 Å². The van der Waals surface area contributed by atoms with Crippen LogP contribution >= 0.6 is 0 Å². The van der Waals surface area contributed by atoms with Gasteiger partial charge in [-0.2, -0.15) is 0 Å². The van der Waals surface area contributed by atoms with E-state index in [1.54, 1.807) is 0 Å². The number of rotatable bonds is 18. The molecule has 0 aromatic rings. The van der Waals surface area contributed by atoms with Gasteiger partial charge in [-0.3, -0.25) is 14.4 Å². The summed E-state index contributed by atoms with van der Waals surface area (Å²) in [6.45, 7) is 8.72. The van der Waals surface area contributed by atoms with Gasteiger partial charge in [0, 0.05) is 39.7 Å². The molecule has 0 saturated carbocycles. The molecule has 0 aliphatic rings. The predicted octanol–water partition coefficient (Wildman–Crippen LogP) is 3.17. The van der Waals surface area contributed by atoms with Crippen LogP contribution in [0.2, 0.25) is 0 Å². The maximum atomic E-state index is 11.7. The van der Waals surface area contributed by atoms with Crippen LogP contribution in [0, 0.1) is 0 Å². The summed E-state index contributed by atoms with van der Waals surface area (Å²) < 4.78 is 19.9. The number of nitrogens with one attached hydrogen (secondary N) is 2. The minimum Gasteiger partial charge on any atom is -0.425 e. The van der Waals surface area contributed by atoms with Crippen molar-refractivity contribution in [2.75, 3.05) is 19.6 Å². The van der Waals surface area contributed by atoms with Crippen molar-refractivity contribution in [3.8, 4) is 0 Å². The fourth-order valence-corrected chi connectivity index (χ4v) is 2.61. The van der Waals surface area contributed by atoms with Crippen LogP contribution in [0.1, 0.15) is 85.5 Å². The Morgan fingerprint density at radius 1 is 0.625 bits per heavy atom. The summed E-state index contributed by atoms with van der Waals surface area (Å²) in [7, 11) is 0. The highest BCUT2D eigenvalue weighted by atomic mass is 16.7. The summed E-state index contributed by atoms with van der Waals surface area (Å²) in [5, 5.41) is 5.86. The van der Waals surface area contributed by atoms with E-state index in [-0.39, 0.29) is 18.4 Å². The number of hydrogen-bond donors (Lipinski definition) is 2. The highest BCUT2D eigenvalue weighted by Gasteiger charge is 2.14. The van der Waals surface area contributed by atoms with Crippen molar-refractivity contribution in [3.63, 3.8) is 0 Å². The van der Waals surface area contributed by atoms with Gasteiger partial charge >= 0.3 is 24.0 Å². The lowest BCUT2D eigenvalue weighted by Crippen LogP contribution is -2.30. The van der Waals surface area contributed by atoms with Crippen LogP contribution in [-0.2, 0) is 33.3 Å². The maximum absolute atomic E-state index is 11.7. The molecule has 0 saturated heterocycles. The van der Waals surface area contributed by atoms with Gasteiger partial charge in [-0.15, -0.1) is 0 Å². The number of carbonyl (C=O) groups is 4. The summed E-state index contributed by atoms with van der Waals surface area (Å²) in [4.78, 5) is 45.9. The summed E-state index contributed by atoms with van der Waals surface area (Å²) in [5.41, 5.74) is 0. The first-order valence-corrected chi connectivity index (χ1v) is 11.5. The third-order valence-electron chi connectivity index (χ3n) is 4.11. The van der Waals surface area contributed by atoms with E-state index in [0.717, 1.165) is 25.8 Å². The average molecular weight is 461 g/mol. The van der Waals surface area contributed by atoms with Gasteiger partial charge in [-0.05, 0) is 45.2 Å². The Bertz CT molecular complexity index is 508. The van der Waals surface area contributed by atoms with Gasteiger partial charge < -0.3 is 29.6 Å². The molecule has 0 rings (SSSR count). The number of amides is 1. The summed E-state index contributed by atoms with van der Waals surface area (Å²) in [6.07, 6.45) is 3.10. The van der Waals surface area contributed by atoms with Crippen LogP contribution in [0.4, 0.5) is 4.79 Å². The topological polar surface area (TPSA) is 129 Å². The SMILES string of the molecule is CCCC(=O)O[C@H](C)OC(=O)CCCNCCCCCNC(=O)O[C@@H](C)OC(=O)CCC. The summed E-state index contributed by atoms with van der Waals surface area (Å²) in [5.74, 6) is -1.15. The highest BCUT2D eigenvalue weighted by molar-refractivity contribution is 5.71. The van der Waals surface area contributed by atoms with E-state index in [4.69, 9.17) is 18.9 Å². The molecule has 32 heavy (non-hydrogen) atoms. The lowest BCUT2D eigenvalue weighted by Gasteiger charge is -2.14. The molecule has 10 nitrogen and oxygen atoms in total. The third kappa shape index (κ3) is 18.4. The first-order valence-electron chi connectivity index (χ1n) is 11.5. The van der Waals surface area contributed by atoms with Gasteiger partial charge in [-0.25, -0.2) is 4.79 Å². The Morgan fingerprint density at radius 2 is 1.09 bits per heavy atom. The molecule has 1 amide bonds. The van der Waals surface area contributed by atoms with Crippen LogP contribution in [0.3, 0.4) is 0 Å². The van der Waals surface area contributed by atoms with E-state index in [0.29, 0.717) is 45.2 Å². The lowest BCUT2D eigenvalue weighted by atomic mass is 10.2. The summed E-state index contributed by atoms with van der Waals surface area (Å²) in [6, 6.07) is 0. The van der Waals surface area contributed by atoms with E-state index in [1.165, 1.54) is 13.8 Å². The van der Waals surface area contributed by atoms with E-state index in [2.05, 4.69) is 10.6 Å². The number of ether oxygens (including phenoxy) is 4. The lowest BCUT2D eigenvalue weighted by molar-refractivity contribution is -0.184.